The lowest BCUT2D eigenvalue weighted by Gasteiger charge is -2.36. The summed E-state index contributed by atoms with van der Waals surface area (Å²) in [5.41, 5.74) is -1.97. The maximum absolute atomic E-state index is 13.3. The van der Waals surface area contributed by atoms with Crippen LogP contribution < -0.4 is 0 Å². The Labute approximate surface area is 328 Å². The number of cyclic esters (lactones) is 2. The Morgan fingerprint density at radius 1 is 0.732 bits per heavy atom. The Kier molecular flexibility index (Phi) is 17.8. The van der Waals surface area contributed by atoms with Crippen molar-refractivity contribution in [1.82, 2.24) is 9.97 Å². The zero-order valence-electron chi connectivity index (χ0n) is 33.1. The van der Waals surface area contributed by atoms with Gasteiger partial charge in [-0.3, -0.25) is 0 Å². The molecule has 1 aliphatic rings. The number of rotatable bonds is 7. The normalized spacial score (nSPS) is 24.0. The first-order chi connectivity index (χ1) is 26.6. The number of allylic oxidation sites excluding steroid dienone is 8. The van der Waals surface area contributed by atoms with Crippen molar-refractivity contribution in [3.8, 4) is 0 Å². The van der Waals surface area contributed by atoms with Crippen LogP contribution in [0, 0.1) is 10.8 Å². The molecule has 13 nitrogen and oxygen atoms in total. The average molecular weight is 777 g/mol. The van der Waals surface area contributed by atoms with E-state index in [1.807, 2.05) is 6.08 Å². The van der Waals surface area contributed by atoms with Crippen LogP contribution in [0.5, 0.6) is 0 Å². The van der Waals surface area contributed by atoms with E-state index < -0.39 is 65.5 Å². The van der Waals surface area contributed by atoms with Gasteiger partial charge in [0.2, 0.25) is 5.89 Å². The van der Waals surface area contributed by atoms with Gasteiger partial charge in [0, 0.05) is 36.9 Å². The monoisotopic (exact) mass is 776 g/mol. The highest BCUT2D eigenvalue weighted by molar-refractivity contribution is 5.87. The number of esters is 2. The molecule has 13 heteroatoms. The molecule has 304 valence electrons. The largest absolute Gasteiger partial charge is 0.457 e. The number of carbonyl (C=O) groups is 2. The third-order valence-electron chi connectivity index (χ3n) is 9.44. The van der Waals surface area contributed by atoms with E-state index in [1.165, 1.54) is 50.0 Å². The quantitative estimate of drug-likeness (QED) is 0.183. The molecule has 3 rings (SSSR count). The van der Waals surface area contributed by atoms with Gasteiger partial charge in [0.1, 0.15) is 36.9 Å². The van der Waals surface area contributed by atoms with Crippen molar-refractivity contribution in [2.75, 3.05) is 7.11 Å². The van der Waals surface area contributed by atoms with Gasteiger partial charge in [0.05, 0.1) is 24.7 Å². The highest BCUT2D eigenvalue weighted by Gasteiger charge is 2.39. The first-order valence-corrected chi connectivity index (χ1v) is 18.5. The van der Waals surface area contributed by atoms with E-state index in [4.69, 9.17) is 23.0 Å². The molecule has 0 saturated carbocycles. The minimum absolute atomic E-state index is 0.0613. The molecule has 0 amide bonds. The minimum Gasteiger partial charge on any atom is -0.457 e. The van der Waals surface area contributed by atoms with E-state index in [2.05, 4.69) is 9.97 Å². The third-order valence-corrected chi connectivity index (χ3v) is 9.44. The van der Waals surface area contributed by atoms with E-state index in [1.54, 1.807) is 102 Å². The Morgan fingerprint density at radius 3 is 1.88 bits per heavy atom. The SMILES string of the molecule is CC=CC(O)C(C)(C)C1CC=CC=CC=CC(OC)Cc2nc(co2)C(=O)OC(C(C)(C)C(O)C=CC)CC=CC(O)C(O)C=CC=Cc2nc(co2)C(=O)O1. The number of hydrogen-bond donors (Lipinski definition) is 4. The van der Waals surface area contributed by atoms with Gasteiger partial charge in [-0.2, -0.15) is 0 Å². The van der Waals surface area contributed by atoms with E-state index >= 15 is 0 Å². The fraction of sp³-hybridized carbons (Fsp3) is 0.442. The molecule has 7 unspecified atom stereocenters. The Balaban J connectivity index is 1.93. The molecule has 4 N–H and O–H groups in total. The first-order valence-electron chi connectivity index (χ1n) is 18.5. The summed E-state index contributed by atoms with van der Waals surface area (Å²) in [5.74, 6) is -1.15. The number of aliphatic hydroxyl groups is 4. The van der Waals surface area contributed by atoms with Crippen LogP contribution in [0.15, 0.2) is 113 Å². The topological polar surface area (TPSA) is 195 Å². The summed E-state index contributed by atoms with van der Waals surface area (Å²) in [6.45, 7) is 10.7. The summed E-state index contributed by atoms with van der Waals surface area (Å²) < 4.78 is 28.3. The van der Waals surface area contributed by atoms with Crippen molar-refractivity contribution in [2.24, 2.45) is 10.8 Å². The molecule has 0 aromatic carbocycles. The highest BCUT2D eigenvalue weighted by atomic mass is 16.6. The van der Waals surface area contributed by atoms with Crippen LogP contribution in [-0.2, 0) is 20.6 Å². The van der Waals surface area contributed by atoms with Crippen LogP contribution in [0.25, 0.3) is 6.08 Å². The van der Waals surface area contributed by atoms with Gasteiger partial charge in [-0.25, -0.2) is 19.6 Å². The summed E-state index contributed by atoms with van der Waals surface area (Å²) >= 11 is 0. The molecule has 3 heterocycles. The molecular formula is C43H56N2O11. The standard InChI is InChI=1S/C43H56N2O11/c1-8-18-34(48)42(3,4)36-23-14-12-10-11-13-20-29(52-7)26-39-45-31(28-54-39)41(51)56-37(43(5,6)35(49)19-9-2)24-17-22-33(47)32(46)21-15-16-25-38-44-30(27-53-38)40(50)55-36/h8-22,25,27-29,32-37,46-49H,23-24,26H2,1-7H3. The minimum atomic E-state index is -1.32. The predicted octanol–water partition coefficient (Wildman–Crippen LogP) is 6.21. The maximum atomic E-state index is 13.3. The Hall–Kier alpha value is -4.92. The van der Waals surface area contributed by atoms with Crippen LogP contribution in [-0.4, -0.2) is 92.2 Å². The number of aliphatic hydroxyl groups excluding tert-OH is 4. The van der Waals surface area contributed by atoms with Crippen molar-refractivity contribution in [3.05, 3.63) is 127 Å². The van der Waals surface area contributed by atoms with Gasteiger partial charge in [-0.05, 0) is 13.8 Å². The maximum Gasteiger partial charge on any atom is 0.360 e. The fourth-order valence-corrected chi connectivity index (χ4v) is 5.47. The van der Waals surface area contributed by atoms with Gasteiger partial charge in [-0.15, -0.1) is 0 Å². The number of fused-ring (bicyclic) bond motifs is 4. The molecule has 4 bridgehead atoms. The number of carbonyl (C=O) groups excluding carboxylic acids is 2. The van der Waals surface area contributed by atoms with Crippen LogP contribution >= 0.6 is 0 Å². The van der Waals surface area contributed by atoms with Crippen LogP contribution in [0.1, 0.15) is 87.1 Å². The lowest BCUT2D eigenvalue weighted by Crippen LogP contribution is -2.42. The fourth-order valence-electron chi connectivity index (χ4n) is 5.47. The second-order valence-corrected chi connectivity index (χ2v) is 14.4. The molecule has 1 aliphatic heterocycles. The first kappa shape index (κ1) is 45.5. The highest BCUT2D eigenvalue weighted by Crippen LogP contribution is 2.33. The summed E-state index contributed by atoms with van der Waals surface area (Å²) in [7, 11) is 1.53. The Bertz CT molecular complexity index is 1790. The second-order valence-electron chi connectivity index (χ2n) is 14.4. The van der Waals surface area contributed by atoms with Gasteiger partial charge < -0.3 is 43.5 Å². The van der Waals surface area contributed by atoms with Crippen molar-refractivity contribution in [1.29, 1.82) is 0 Å². The van der Waals surface area contributed by atoms with Crippen molar-refractivity contribution in [2.45, 2.75) is 104 Å². The van der Waals surface area contributed by atoms with Crippen LogP contribution in [0.2, 0.25) is 0 Å². The zero-order chi connectivity index (χ0) is 41.3. The van der Waals surface area contributed by atoms with Gasteiger partial charge in [0.25, 0.3) is 0 Å². The number of nitrogens with zero attached hydrogens (tertiary/aromatic N) is 2. The molecule has 56 heavy (non-hydrogen) atoms. The van der Waals surface area contributed by atoms with Gasteiger partial charge >= 0.3 is 11.9 Å². The van der Waals surface area contributed by atoms with Crippen LogP contribution in [0.3, 0.4) is 0 Å². The molecule has 2 aromatic rings. The summed E-state index contributed by atoms with van der Waals surface area (Å²) in [6.07, 6.45) is 22.5. The van der Waals surface area contributed by atoms with Crippen molar-refractivity contribution < 1.29 is 53.1 Å². The van der Waals surface area contributed by atoms with E-state index in [0.29, 0.717) is 0 Å². The third kappa shape index (κ3) is 13.4. The molecule has 7 atom stereocenters. The van der Waals surface area contributed by atoms with E-state index in [0.717, 1.165) is 0 Å². The number of oxazole rings is 2. The predicted molar refractivity (Wildman–Crippen MR) is 211 cm³/mol. The second kappa shape index (κ2) is 22.0. The number of aromatic nitrogens is 2. The number of methoxy groups -OCH3 is 1. The summed E-state index contributed by atoms with van der Waals surface area (Å²) in [6, 6.07) is 0. The number of hydrogen-bond acceptors (Lipinski definition) is 13. The van der Waals surface area contributed by atoms with Crippen molar-refractivity contribution >= 4 is 18.0 Å². The van der Waals surface area contributed by atoms with E-state index in [-0.39, 0.29) is 42.4 Å². The van der Waals surface area contributed by atoms with Crippen molar-refractivity contribution in [3.63, 3.8) is 0 Å². The lowest BCUT2D eigenvalue weighted by molar-refractivity contribution is -0.0462. The lowest BCUT2D eigenvalue weighted by atomic mass is 9.79. The molecule has 0 saturated heterocycles. The van der Waals surface area contributed by atoms with E-state index in [9.17, 15) is 30.0 Å². The molecule has 0 spiro atoms. The molecule has 0 aliphatic carbocycles. The molecular weight excluding hydrogens is 720 g/mol. The molecule has 2 aromatic heterocycles. The molecule has 0 fully saturated rings. The van der Waals surface area contributed by atoms with Crippen LogP contribution in [0.4, 0.5) is 0 Å². The Morgan fingerprint density at radius 2 is 1.27 bits per heavy atom. The van der Waals surface area contributed by atoms with Gasteiger partial charge in [-0.1, -0.05) is 119 Å². The number of ether oxygens (including phenoxy) is 3. The van der Waals surface area contributed by atoms with Gasteiger partial charge in [0.15, 0.2) is 17.3 Å². The zero-order valence-corrected chi connectivity index (χ0v) is 33.1. The smallest absolute Gasteiger partial charge is 0.360 e. The summed E-state index contributed by atoms with van der Waals surface area (Å²) in [5, 5.41) is 42.9. The molecule has 0 radical (unpaired) electrons. The summed E-state index contributed by atoms with van der Waals surface area (Å²) in [4.78, 5) is 35.0. The average Bonchev–Trinajstić information content (AvgIpc) is 3.84.